The van der Waals surface area contributed by atoms with Gasteiger partial charge in [-0.3, -0.25) is 4.79 Å². The van der Waals surface area contributed by atoms with Crippen LogP contribution in [-0.4, -0.2) is 26.2 Å². The molecule has 24 heavy (non-hydrogen) atoms. The molecule has 128 valence electrons. The van der Waals surface area contributed by atoms with Crippen LogP contribution >= 0.6 is 23.2 Å². The molecule has 0 bridgehead atoms. The molecule has 1 atom stereocenters. The molecule has 0 heterocycles. The summed E-state index contributed by atoms with van der Waals surface area (Å²) >= 11 is 11.9. The van der Waals surface area contributed by atoms with Crippen molar-refractivity contribution in [1.82, 2.24) is 0 Å². The lowest BCUT2D eigenvalue weighted by molar-refractivity contribution is -0.122. The van der Waals surface area contributed by atoms with Gasteiger partial charge in [0.05, 0.1) is 24.9 Å². The summed E-state index contributed by atoms with van der Waals surface area (Å²) in [4.78, 5) is 12.3. The summed E-state index contributed by atoms with van der Waals surface area (Å²) in [5, 5.41) is 3.72. The van der Waals surface area contributed by atoms with Crippen molar-refractivity contribution in [2.45, 2.75) is 13.0 Å². The van der Waals surface area contributed by atoms with Crippen molar-refractivity contribution in [2.75, 3.05) is 19.5 Å². The van der Waals surface area contributed by atoms with E-state index in [9.17, 15) is 4.79 Å². The molecule has 0 saturated carbocycles. The molecule has 0 fully saturated rings. The van der Waals surface area contributed by atoms with Gasteiger partial charge in [-0.15, -0.1) is 0 Å². The first-order chi connectivity index (χ1) is 11.4. The van der Waals surface area contributed by atoms with Crippen LogP contribution in [0.25, 0.3) is 0 Å². The first-order valence-corrected chi connectivity index (χ1v) is 7.84. The number of methoxy groups -OCH3 is 2. The smallest absolute Gasteiger partial charge is 0.265 e. The van der Waals surface area contributed by atoms with E-state index < -0.39 is 6.10 Å². The number of amides is 1. The number of hydrogen-bond acceptors (Lipinski definition) is 4. The second kappa shape index (κ2) is 8.13. The van der Waals surface area contributed by atoms with E-state index in [0.717, 1.165) is 0 Å². The third-order valence-corrected chi connectivity index (χ3v) is 3.77. The Bertz CT molecular complexity index is 719. The number of carbonyl (C=O) groups is 1. The highest BCUT2D eigenvalue weighted by Crippen LogP contribution is 2.36. The van der Waals surface area contributed by atoms with Crippen LogP contribution in [0.2, 0.25) is 10.0 Å². The van der Waals surface area contributed by atoms with Gasteiger partial charge in [0.15, 0.2) is 6.10 Å². The van der Waals surface area contributed by atoms with Crippen molar-refractivity contribution in [1.29, 1.82) is 0 Å². The highest BCUT2D eigenvalue weighted by molar-refractivity contribution is 6.32. The Labute approximate surface area is 150 Å². The molecule has 1 amide bonds. The summed E-state index contributed by atoms with van der Waals surface area (Å²) in [6.07, 6.45) is -0.724. The number of carbonyl (C=O) groups excluding carboxylic acids is 1. The fourth-order valence-corrected chi connectivity index (χ4v) is 2.32. The average Bonchev–Trinajstić information content (AvgIpc) is 2.57. The molecular weight excluding hydrogens is 353 g/mol. The molecule has 7 heteroatoms. The van der Waals surface area contributed by atoms with Gasteiger partial charge in [-0.05, 0) is 31.2 Å². The molecule has 2 rings (SSSR count). The minimum atomic E-state index is -0.724. The molecule has 0 aliphatic rings. The van der Waals surface area contributed by atoms with Gasteiger partial charge >= 0.3 is 0 Å². The van der Waals surface area contributed by atoms with E-state index in [0.29, 0.717) is 33.0 Å². The van der Waals surface area contributed by atoms with Gasteiger partial charge in [0.1, 0.15) is 17.2 Å². The Kier molecular flexibility index (Phi) is 6.17. The van der Waals surface area contributed by atoms with Gasteiger partial charge in [0.2, 0.25) is 0 Å². The van der Waals surface area contributed by atoms with Crippen molar-refractivity contribution in [3.05, 3.63) is 46.4 Å². The van der Waals surface area contributed by atoms with E-state index in [2.05, 4.69) is 5.32 Å². The fraction of sp³-hybridized carbons (Fsp3) is 0.235. The molecule has 0 saturated heterocycles. The monoisotopic (exact) mass is 369 g/mol. The van der Waals surface area contributed by atoms with Gasteiger partial charge in [-0.1, -0.05) is 23.2 Å². The number of nitrogens with one attached hydrogen (secondary N) is 1. The second-order valence-corrected chi connectivity index (χ2v) is 5.73. The molecule has 0 spiro atoms. The normalized spacial score (nSPS) is 11.5. The van der Waals surface area contributed by atoms with Crippen LogP contribution in [-0.2, 0) is 4.79 Å². The van der Waals surface area contributed by atoms with Crippen LogP contribution in [0, 0.1) is 0 Å². The van der Waals surface area contributed by atoms with Crippen LogP contribution in [0.1, 0.15) is 6.92 Å². The average molecular weight is 370 g/mol. The van der Waals surface area contributed by atoms with Crippen LogP contribution < -0.4 is 19.5 Å². The van der Waals surface area contributed by atoms with Crippen LogP contribution in [0.5, 0.6) is 17.2 Å². The van der Waals surface area contributed by atoms with E-state index in [1.165, 1.54) is 14.2 Å². The maximum Gasteiger partial charge on any atom is 0.265 e. The molecule has 0 aliphatic heterocycles. The predicted octanol–water partition coefficient (Wildman–Crippen LogP) is 4.42. The topological polar surface area (TPSA) is 56.8 Å². The zero-order valence-electron chi connectivity index (χ0n) is 13.4. The van der Waals surface area contributed by atoms with Crippen LogP contribution in [0.3, 0.4) is 0 Å². The van der Waals surface area contributed by atoms with Crippen molar-refractivity contribution in [3.8, 4) is 17.2 Å². The van der Waals surface area contributed by atoms with Crippen molar-refractivity contribution < 1.29 is 19.0 Å². The van der Waals surface area contributed by atoms with Crippen molar-refractivity contribution in [3.63, 3.8) is 0 Å². The summed E-state index contributed by atoms with van der Waals surface area (Å²) < 4.78 is 16.0. The molecule has 2 aromatic rings. The summed E-state index contributed by atoms with van der Waals surface area (Å²) in [5.74, 6) is 1.06. The lowest BCUT2D eigenvalue weighted by Gasteiger charge is -2.17. The first kappa shape index (κ1) is 18.2. The SMILES string of the molecule is COc1cc(NC(=O)C(C)Oc2ccc(Cl)cc2)c(OC)cc1Cl. The molecule has 0 aliphatic carbocycles. The third-order valence-electron chi connectivity index (χ3n) is 3.23. The van der Waals surface area contributed by atoms with Gasteiger partial charge in [-0.25, -0.2) is 0 Å². The molecule has 2 aromatic carbocycles. The number of halogens is 2. The molecule has 0 radical (unpaired) electrons. The summed E-state index contributed by atoms with van der Waals surface area (Å²) in [6, 6.07) is 9.92. The summed E-state index contributed by atoms with van der Waals surface area (Å²) in [5.41, 5.74) is 0.440. The molecule has 0 aromatic heterocycles. The molecule has 1 unspecified atom stereocenters. The minimum absolute atomic E-state index is 0.340. The van der Waals surface area contributed by atoms with Crippen LogP contribution in [0.15, 0.2) is 36.4 Å². The second-order valence-electron chi connectivity index (χ2n) is 4.89. The maximum atomic E-state index is 12.3. The third kappa shape index (κ3) is 4.46. The highest BCUT2D eigenvalue weighted by atomic mass is 35.5. The van der Waals surface area contributed by atoms with Crippen molar-refractivity contribution in [2.24, 2.45) is 0 Å². The van der Waals surface area contributed by atoms with Gasteiger partial charge in [0, 0.05) is 17.2 Å². The predicted molar refractivity (Wildman–Crippen MR) is 94.7 cm³/mol. The Morgan fingerprint density at radius 1 is 1.04 bits per heavy atom. The van der Waals surface area contributed by atoms with E-state index in [-0.39, 0.29) is 5.91 Å². The first-order valence-electron chi connectivity index (χ1n) is 7.09. The fourth-order valence-electron chi connectivity index (χ4n) is 1.96. The molecule has 5 nitrogen and oxygen atoms in total. The lowest BCUT2D eigenvalue weighted by atomic mass is 10.2. The molecular formula is C17H17Cl2NO4. The minimum Gasteiger partial charge on any atom is -0.495 e. The van der Waals surface area contributed by atoms with Gasteiger partial charge < -0.3 is 19.5 Å². The number of ether oxygens (including phenoxy) is 3. The largest absolute Gasteiger partial charge is 0.495 e. The lowest BCUT2D eigenvalue weighted by Crippen LogP contribution is -2.30. The zero-order chi connectivity index (χ0) is 17.7. The van der Waals surface area contributed by atoms with E-state index in [4.69, 9.17) is 37.4 Å². The summed E-state index contributed by atoms with van der Waals surface area (Å²) in [7, 11) is 2.98. The number of hydrogen-bond donors (Lipinski definition) is 1. The Morgan fingerprint density at radius 2 is 1.67 bits per heavy atom. The van der Waals surface area contributed by atoms with E-state index >= 15 is 0 Å². The van der Waals surface area contributed by atoms with Crippen molar-refractivity contribution >= 4 is 34.8 Å². The Balaban J connectivity index is 2.12. The number of rotatable bonds is 6. The number of anilines is 1. The zero-order valence-corrected chi connectivity index (χ0v) is 14.9. The Hall–Kier alpha value is -2.11. The van der Waals surface area contributed by atoms with E-state index in [1.807, 2.05) is 0 Å². The summed E-state index contributed by atoms with van der Waals surface area (Å²) in [6.45, 7) is 1.64. The van der Waals surface area contributed by atoms with Gasteiger partial charge in [0.25, 0.3) is 5.91 Å². The van der Waals surface area contributed by atoms with Crippen LogP contribution in [0.4, 0.5) is 5.69 Å². The Morgan fingerprint density at radius 3 is 2.25 bits per heavy atom. The standard InChI is InChI=1S/C17H17Cl2NO4/c1-10(24-12-6-4-11(18)5-7-12)17(21)20-14-9-15(22-2)13(19)8-16(14)23-3/h4-10H,1-3H3,(H,20,21). The van der Waals surface area contributed by atoms with Gasteiger partial charge in [-0.2, -0.15) is 0 Å². The quantitative estimate of drug-likeness (QED) is 0.818. The highest BCUT2D eigenvalue weighted by Gasteiger charge is 2.18. The molecule has 1 N–H and O–H groups in total. The van der Waals surface area contributed by atoms with E-state index in [1.54, 1.807) is 43.3 Å². The maximum absolute atomic E-state index is 12.3. The number of benzene rings is 2.